The predicted octanol–water partition coefficient (Wildman–Crippen LogP) is 3.76. The maximum absolute atomic E-state index is 12.3. The van der Waals surface area contributed by atoms with E-state index in [2.05, 4.69) is 45.1 Å². The molecule has 0 spiro atoms. The lowest BCUT2D eigenvalue weighted by Gasteiger charge is -2.11. The molecular weight excluding hydrogens is 365 g/mol. The molecule has 104 valence electrons. The minimum Gasteiger partial charge on any atom is -0.384 e. The van der Waals surface area contributed by atoms with Gasteiger partial charge in [0, 0.05) is 28.2 Å². The molecule has 2 N–H and O–H groups in total. The highest BCUT2D eigenvalue weighted by Gasteiger charge is 2.11. The number of anilines is 2. The van der Waals surface area contributed by atoms with E-state index < -0.39 is 0 Å². The molecule has 1 aromatic carbocycles. The van der Waals surface area contributed by atoms with E-state index >= 15 is 0 Å². The van der Waals surface area contributed by atoms with Crippen molar-refractivity contribution in [1.82, 2.24) is 4.98 Å². The number of carbonyl (C=O) groups is 1. The van der Waals surface area contributed by atoms with E-state index in [4.69, 9.17) is 0 Å². The van der Waals surface area contributed by atoms with Crippen LogP contribution in [-0.2, 0) is 0 Å². The second-order valence-electron chi connectivity index (χ2n) is 4.31. The van der Waals surface area contributed by atoms with Crippen molar-refractivity contribution in [2.75, 3.05) is 17.2 Å². The second kappa shape index (κ2) is 7.23. The van der Waals surface area contributed by atoms with E-state index in [1.165, 1.54) is 0 Å². The van der Waals surface area contributed by atoms with Crippen LogP contribution in [0.15, 0.2) is 42.7 Å². The van der Waals surface area contributed by atoms with Crippen molar-refractivity contribution in [3.8, 4) is 0 Å². The first-order valence-corrected chi connectivity index (χ1v) is 7.53. The lowest BCUT2D eigenvalue weighted by molar-refractivity contribution is 0.102. The fourth-order valence-corrected chi connectivity index (χ4v) is 2.30. The van der Waals surface area contributed by atoms with Crippen molar-refractivity contribution in [2.45, 2.75) is 13.3 Å². The van der Waals surface area contributed by atoms with Crippen molar-refractivity contribution >= 4 is 39.9 Å². The van der Waals surface area contributed by atoms with E-state index in [0.29, 0.717) is 5.56 Å². The van der Waals surface area contributed by atoms with Crippen LogP contribution >= 0.6 is 22.6 Å². The standard InChI is InChI=1S/C15H16IN3O/c1-2-7-18-14-6-8-17-10-13(14)15(20)19-12-5-3-4-11(16)9-12/h3-6,8-10H,2,7H2,1H3,(H,17,18)(H,19,20). The van der Waals surface area contributed by atoms with Crippen molar-refractivity contribution < 1.29 is 4.79 Å². The Labute approximate surface area is 132 Å². The monoisotopic (exact) mass is 381 g/mol. The second-order valence-corrected chi connectivity index (χ2v) is 5.56. The fourth-order valence-electron chi connectivity index (χ4n) is 1.75. The molecule has 0 fully saturated rings. The summed E-state index contributed by atoms with van der Waals surface area (Å²) in [6.07, 6.45) is 4.27. The van der Waals surface area contributed by atoms with Gasteiger partial charge in [-0.05, 0) is 53.3 Å². The maximum atomic E-state index is 12.3. The van der Waals surface area contributed by atoms with Gasteiger partial charge in [0.25, 0.3) is 5.91 Å². The molecule has 0 saturated carbocycles. The highest BCUT2D eigenvalue weighted by molar-refractivity contribution is 14.1. The molecule has 1 amide bonds. The van der Waals surface area contributed by atoms with Crippen molar-refractivity contribution in [3.63, 3.8) is 0 Å². The number of halogens is 1. The number of benzene rings is 1. The summed E-state index contributed by atoms with van der Waals surface area (Å²) in [4.78, 5) is 16.3. The third-order valence-electron chi connectivity index (χ3n) is 2.71. The Bertz CT molecular complexity index is 601. The number of aromatic nitrogens is 1. The molecule has 20 heavy (non-hydrogen) atoms. The maximum Gasteiger partial charge on any atom is 0.259 e. The number of hydrogen-bond donors (Lipinski definition) is 2. The van der Waals surface area contributed by atoms with Gasteiger partial charge >= 0.3 is 0 Å². The molecule has 0 unspecified atom stereocenters. The third-order valence-corrected chi connectivity index (χ3v) is 3.38. The Morgan fingerprint density at radius 3 is 2.95 bits per heavy atom. The van der Waals surface area contributed by atoms with Gasteiger partial charge in [0.1, 0.15) is 0 Å². The molecule has 0 saturated heterocycles. The molecule has 1 aromatic heterocycles. The molecule has 0 atom stereocenters. The molecule has 0 bridgehead atoms. The molecule has 2 aromatic rings. The number of pyridine rings is 1. The number of nitrogens with one attached hydrogen (secondary N) is 2. The summed E-state index contributed by atoms with van der Waals surface area (Å²) in [5, 5.41) is 6.13. The Morgan fingerprint density at radius 2 is 2.20 bits per heavy atom. The molecular formula is C15H16IN3O. The van der Waals surface area contributed by atoms with Crippen LogP contribution in [0.3, 0.4) is 0 Å². The number of nitrogens with zero attached hydrogens (tertiary/aromatic N) is 1. The predicted molar refractivity (Wildman–Crippen MR) is 90.1 cm³/mol. The first kappa shape index (κ1) is 14.8. The normalized spacial score (nSPS) is 10.1. The molecule has 0 aliphatic carbocycles. The minimum atomic E-state index is -0.154. The topological polar surface area (TPSA) is 54.0 Å². The summed E-state index contributed by atoms with van der Waals surface area (Å²) >= 11 is 2.22. The number of amides is 1. The van der Waals surface area contributed by atoms with Crippen LogP contribution in [0.4, 0.5) is 11.4 Å². The van der Waals surface area contributed by atoms with E-state index in [0.717, 1.165) is 27.9 Å². The summed E-state index contributed by atoms with van der Waals surface area (Å²) in [7, 11) is 0. The average Bonchev–Trinajstić information content (AvgIpc) is 2.45. The lowest BCUT2D eigenvalue weighted by Crippen LogP contribution is -2.15. The summed E-state index contributed by atoms with van der Waals surface area (Å²) < 4.78 is 1.08. The van der Waals surface area contributed by atoms with Crippen LogP contribution in [0.1, 0.15) is 23.7 Å². The third kappa shape index (κ3) is 3.93. The Morgan fingerprint density at radius 1 is 1.35 bits per heavy atom. The van der Waals surface area contributed by atoms with Crippen molar-refractivity contribution in [1.29, 1.82) is 0 Å². The van der Waals surface area contributed by atoms with Gasteiger partial charge in [0.15, 0.2) is 0 Å². The van der Waals surface area contributed by atoms with Crippen LogP contribution < -0.4 is 10.6 Å². The number of hydrogen-bond acceptors (Lipinski definition) is 3. The van der Waals surface area contributed by atoms with Gasteiger partial charge < -0.3 is 10.6 Å². The Kier molecular flexibility index (Phi) is 5.34. The molecule has 5 heteroatoms. The average molecular weight is 381 g/mol. The van der Waals surface area contributed by atoms with Gasteiger partial charge in [-0.25, -0.2) is 0 Å². The van der Waals surface area contributed by atoms with Gasteiger partial charge in [0.05, 0.1) is 11.3 Å². The summed E-state index contributed by atoms with van der Waals surface area (Å²) in [5.74, 6) is -0.154. The smallest absolute Gasteiger partial charge is 0.259 e. The van der Waals surface area contributed by atoms with Gasteiger partial charge in [-0.2, -0.15) is 0 Å². The SMILES string of the molecule is CCCNc1ccncc1C(=O)Nc1cccc(I)c1. The summed E-state index contributed by atoms with van der Waals surface area (Å²) in [6, 6.07) is 9.51. The molecule has 0 aliphatic heterocycles. The fraction of sp³-hybridized carbons (Fsp3) is 0.200. The van der Waals surface area contributed by atoms with Crippen LogP contribution in [0.25, 0.3) is 0 Å². The van der Waals surface area contributed by atoms with Gasteiger partial charge in [-0.15, -0.1) is 0 Å². The molecule has 0 aliphatic rings. The first-order chi connectivity index (χ1) is 9.70. The molecule has 1 heterocycles. The highest BCUT2D eigenvalue weighted by atomic mass is 127. The summed E-state index contributed by atoms with van der Waals surface area (Å²) in [6.45, 7) is 2.91. The van der Waals surface area contributed by atoms with Gasteiger partial charge in [-0.1, -0.05) is 13.0 Å². The first-order valence-electron chi connectivity index (χ1n) is 6.45. The minimum absolute atomic E-state index is 0.154. The summed E-state index contributed by atoms with van der Waals surface area (Å²) in [5.41, 5.74) is 2.15. The van der Waals surface area contributed by atoms with Crippen LogP contribution in [-0.4, -0.2) is 17.4 Å². The number of carbonyl (C=O) groups excluding carboxylic acids is 1. The largest absolute Gasteiger partial charge is 0.384 e. The zero-order valence-corrected chi connectivity index (χ0v) is 13.3. The zero-order valence-electron chi connectivity index (χ0n) is 11.2. The number of rotatable bonds is 5. The van der Waals surface area contributed by atoms with Crippen LogP contribution in [0, 0.1) is 3.57 Å². The highest BCUT2D eigenvalue weighted by Crippen LogP contribution is 2.17. The van der Waals surface area contributed by atoms with Crippen molar-refractivity contribution in [2.24, 2.45) is 0 Å². The molecule has 4 nitrogen and oxygen atoms in total. The van der Waals surface area contributed by atoms with Gasteiger partial charge in [0.2, 0.25) is 0 Å². The lowest BCUT2D eigenvalue weighted by atomic mass is 10.2. The van der Waals surface area contributed by atoms with Crippen LogP contribution in [0.2, 0.25) is 0 Å². The Balaban J connectivity index is 2.16. The van der Waals surface area contributed by atoms with E-state index in [9.17, 15) is 4.79 Å². The van der Waals surface area contributed by atoms with Crippen LogP contribution in [0.5, 0.6) is 0 Å². The molecule has 0 radical (unpaired) electrons. The van der Waals surface area contributed by atoms with E-state index in [-0.39, 0.29) is 5.91 Å². The van der Waals surface area contributed by atoms with Crippen molar-refractivity contribution in [3.05, 3.63) is 51.9 Å². The van der Waals surface area contributed by atoms with Gasteiger partial charge in [-0.3, -0.25) is 9.78 Å². The zero-order chi connectivity index (χ0) is 14.4. The Hall–Kier alpha value is -1.63. The van der Waals surface area contributed by atoms with E-state index in [1.54, 1.807) is 12.4 Å². The van der Waals surface area contributed by atoms with E-state index in [1.807, 2.05) is 30.3 Å². The quantitative estimate of drug-likeness (QED) is 0.776. The molecule has 2 rings (SSSR count).